The van der Waals surface area contributed by atoms with Crippen LogP contribution in [0.5, 0.6) is 0 Å². The van der Waals surface area contributed by atoms with E-state index in [0.29, 0.717) is 12.6 Å². The minimum absolute atomic E-state index is 0.329. The number of hydrogen-bond donors (Lipinski definition) is 2. The molecular formula is C12H24N2O. The van der Waals surface area contributed by atoms with E-state index in [4.69, 9.17) is 10.8 Å². The second kappa shape index (κ2) is 5.28. The van der Waals surface area contributed by atoms with Crippen LogP contribution in [0.4, 0.5) is 0 Å². The number of nitrogens with zero attached hydrogens (tertiary/aromatic N) is 1. The van der Waals surface area contributed by atoms with Gasteiger partial charge in [-0.15, -0.1) is 0 Å². The van der Waals surface area contributed by atoms with Crippen LogP contribution in [0.3, 0.4) is 0 Å². The van der Waals surface area contributed by atoms with Crippen LogP contribution in [0.25, 0.3) is 0 Å². The van der Waals surface area contributed by atoms with Gasteiger partial charge in [0.05, 0.1) is 0 Å². The Labute approximate surface area is 92.6 Å². The van der Waals surface area contributed by atoms with Crippen LogP contribution in [-0.4, -0.2) is 41.8 Å². The molecule has 15 heavy (non-hydrogen) atoms. The smallest absolute Gasteiger partial charge is 0.0431 e. The van der Waals surface area contributed by atoms with E-state index in [9.17, 15) is 0 Å². The molecule has 1 aliphatic heterocycles. The van der Waals surface area contributed by atoms with Crippen LogP contribution in [0.2, 0.25) is 0 Å². The van der Waals surface area contributed by atoms with Gasteiger partial charge in [0.2, 0.25) is 0 Å². The molecule has 0 spiro atoms. The van der Waals surface area contributed by atoms with Gasteiger partial charge in [-0.2, -0.15) is 0 Å². The first kappa shape index (κ1) is 11.4. The predicted molar refractivity (Wildman–Crippen MR) is 61.6 cm³/mol. The summed E-state index contributed by atoms with van der Waals surface area (Å²) in [6, 6.07) is 1.19. The van der Waals surface area contributed by atoms with Crippen molar-refractivity contribution in [2.75, 3.05) is 19.7 Å². The molecule has 1 saturated carbocycles. The molecule has 0 bridgehead atoms. The zero-order valence-electron chi connectivity index (χ0n) is 9.57. The zero-order valence-corrected chi connectivity index (χ0v) is 9.57. The number of aliphatic hydroxyl groups excluding tert-OH is 1. The molecular weight excluding hydrogens is 188 g/mol. The van der Waals surface area contributed by atoms with Crippen molar-refractivity contribution in [2.45, 2.75) is 50.6 Å². The Morgan fingerprint density at radius 1 is 1.27 bits per heavy atom. The lowest BCUT2D eigenvalue weighted by Crippen LogP contribution is -2.52. The molecule has 1 saturated heterocycles. The highest BCUT2D eigenvalue weighted by Gasteiger charge is 2.31. The monoisotopic (exact) mass is 212 g/mol. The van der Waals surface area contributed by atoms with Crippen LogP contribution in [0.15, 0.2) is 0 Å². The highest BCUT2D eigenvalue weighted by atomic mass is 16.2. The summed E-state index contributed by atoms with van der Waals surface area (Å²) in [5, 5.41) is 8.85. The largest absolute Gasteiger partial charge is 0.396 e. The van der Waals surface area contributed by atoms with E-state index in [1.807, 2.05) is 0 Å². The molecule has 3 nitrogen and oxygen atoms in total. The fourth-order valence-electron chi connectivity index (χ4n) is 2.92. The summed E-state index contributed by atoms with van der Waals surface area (Å²) in [4.78, 5) is 2.60. The van der Waals surface area contributed by atoms with Gasteiger partial charge in [0, 0.05) is 31.8 Å². The Bertz CT molecular complexity index is 194. The lowest BCUT2D eigenvalue weighted by Gasteiger charge is -2.44. The van der Waals surface area contributed by atoms with Crippen LogP contribution in [0.1, 0.15) is 38.5 Å². The van der Waals surface area contributed by atoms with E-state index in [0.717, 1.165) is 37.8 Å². The summed E-state index contributed by atoms with van der Waals surface area (Å²) in [6.07, 6.45) is 7.39. The molecule has 0 amide bonds. The first-order valence-corrected chi connectivity index (χ1v) is 6.40. The van der Waals surface area contributed by atoms with Crippen molar-refractivity contribution in [3.8, 4) is 0 Å². The second-order valence-corrected chi connectivity index (χ2v) is 5.27. The summed E-state index contributed by atoms with van der Waals surface area (Å²) < 4.78 is 0. The Kier molecular flexibility index (Phi) is 4.00. The third-order valence-electron chi connectivity index (χ3n) is 3.96. The number of rotatable bonds is 4. The van der Waals surface area contributed by atoms with Crippen molar-refractivity contribution >= 4 is 0 Å². The average Bonchev–Trinajstić information content (AvgIpc) is 2.11. The molecule has 3 N–H and O–H groups in total. The molecule has 1 heterocycles. The number of piperidine rings is 1. The molecule has 0 radical (unpaired) electrons. The Balaban J connectivity index is 1.80. The number of hydrogen-bond acceptors (Lipinski definition) is 3. The fraction of sp³-hybridized carbons (Fsp3) is 1.00. The quantitative estimate of drug-likeness (QED) is 0.730. The maximum Gasteiger partial charge on any atom is 0.0431 e. The van der Waals surface area contributed by atoms with Crippen LogP contribution >= 0.6 is 0 Å². The summed E-state index contributed by atoms with van der Waals surface area (Å²) in [5.74, 6) is 0.724. The molecule has 0 aromatic heterocycles. The van der Waals surface area contributed by atoms with Crippen LogP contribution in [0, 0.1) is 5.92 Å². The summed E-state index contributed by atoms with van der Waals surface area (Å²) >= 11 is 0. The molecule has 2 atom stereocenters. The average molecular weight is 212 g/mol. The lowest BCUT2D eigenvalue weighted by atomic mass is 9.85. The van der Waals surface area contributed by atoms with Crippen molar-refractivity contribution < 1.29 is 5.11 Å². The Morgan fingerprint density at radius 3 is 2.67 bits per heavy atom. The van der Waals surface area contributed by atoms with E-state index in [1.54, 1.807) is 0 Å². The van der Waals surface area contributed by atoms with Crippen LogP contribution in [-0.2, 0) is 0 Å². The van der Waals surface area contributed by atoms with Gasteiger partial charge in [0.15, 0.2) is 0 Å². The molecule has 2 aliphatic rings. The SMILES string of the molecule is NC1CC(CCCO)CN(C2CCC2)C1. The van der Waals surface area contributed by atoms with Crippen molar-refractivity contribution in [1.82, 2.24) is 4.90 Å². The second-order valence-electron chi connectivity index (χ2n) is 5.27. The van der Waals surface area contributed by atoms with Gasteiger partial charge in [0.1, 0.15) is 0 Å². The normalized spacial score (nSPS) is 34.0. The highest BCUT2D eigenvalue weighted by molar-refractivity contribution is 4.88. The molecule has 1 aliphatic carbocycles. The van der Waals surface area contributed by atoms with Crippen molar-refractivity contribution in [2.24, 2.45) is 11.7 Å². The van der Waals surface area contributed by atoms with Gasteiger partial charge in [0.25, 0.3) is 0 Å². The predicted octanol–water partition coefficient (Wildman–Crippen LogP) is 0.961. The van der Waals surface area contributed by atoms with Crippen LogP contribution < -0.4 is 5.73 Å². The molecule has 2 unspecified atom stereocenters. The van der Waals surface area contributed by atoms with E-state index in [2.05, 4.69) is 4.90 Å². The van der Waals surface area contributed by atoms with Crippen molar-refractivity contribution in [1.29, 1.82) is 0 Å². The Hall–Kier alpha value is -0.120. The Morgan fingerprint density at radius 2 is 2.07 bits per heavy atom. The first-order valence-electron chi connectivity index (χ1n) is 6.40. The molecule has 0 aromatic carbocycles. The third kappa shape index (κ3) is 2.92. The standard InChI is InChI=1S/C12H24N2O/c13-11-7-10(3-2-6-15)8-14(9-11)12-4-1-5-12/h10-12,15H,1-9,13H2. The molecule has 88 valence electrons. The van der Waals surface area contributed by atoms with E-state index in [1.165, 1.54) is 25.8 Å². The highest BCUT2D eigenvalue weighted by Crippen LogP contribution is 2.30. The maximum absolute atomic E-state index is 8.85. The number of aliphatic hydroxyl groups is 1. The van der Waals surface area contributed by atoms with E-state index < -0.39 is 0 Å². The van der Waals surface area contributed by atoms with Gasteiger partial charge in [-0.25, -0.2) is 0 Å². The molecule has 2 fully saturated rings. The first-order chi connectivity index (χ1) is 7.29. The maximum atomic E-state index is 8.85. The molecule has 0 aromatic rings. The number of likely N-dealkylation sites (tertiary alicyclic amines) is 1. The molecule has 3 heteroatoms. The summed E-state index contributed by atoms with van der Waals surface area (Å²) in [6.45, 7) is 2.65. The van der Waals surface area contributed by atoms with Gasteiger partial charge in [-0.05, 0) is 38.0 Å². The molecule has 2 rings (SSSR count). The van der Waals surface area contributed by atoms with Gasteiger partial charge in [-0.3, -0.25) is 4.90 Å². The van der Waals surface area contributed by atoms with Gasteiger partial charge < -0.3 is 10.8 Å². The third-order valence-corrected chi connectivity index (χ3v) is 3.96. The zero-order chi connectivity index (χ0) is 10.7. The van der Waals surface area contributed by atoms with Crippen molar-refractivity contribution in [3.63, 3.8) is 0 Å². The minimum atomic E-state index is 0.329. The topological polar surface area (TPSA) is 49.5 Å². The number of nitrogens with two attached hydrogens (primary N) is 1. The van der Waals surface area contributed by atoms with Gasteiger partial charge in [-0.1, -0.05) is 6.42 Å². The summed E-state index contributed by atoms with van der Waals surface area (Å²) in [7, 11) is 0. The van der Waals surface area contributed by atoms with Crippen molar-refractivity contribution in [3.05, 3.63) is 0 Å². The summed E-state index contributed by atoms with van der Waals surface area (Å²) in [5.41, 5.74) is 6.10. The lowest BCUT2D eigenvalue weighted by molar-refractivity contribution is 0.0623. The van der Waals surface area contributed by atoms with E-state index in [-0.39, 0.29) is 0 Å². The minimum Gasteiger partial charge on any atom is -0.396 e. The van der Waals surface area contributed by atoms with Gasteiger partial charge >= 0.3 is 0 Å². The van der Waals surface area contributed by atoms with E-state index >= 15 is 0 Å². The fourth-order valence-corrected chi connectivity index (χ4v) is 2.92.